The molecule has 19 heavy (non-hydrogen) atoms. The minimum absolute atomic E-state index is 0.0806. The van der Waals surface area contributed by atoms with E-state index in [1.54, 1.807) is 20.8 Å². The minimum atomic E-state index is -1.21. The molecule has 0 fully saturated rings. The molecule has 0 aliphatic rings. The molecular formula is C12H17NO6. The van der Waals surface area contributed by atoms with Gasteiger partial charge in [-0.05, 0) is 32.3 Å². The third-order valence-electron chi connectivity index (χ3n) is 2.50. The van der Waals surface area contributed by atoms with Crippen LogP contribution in [0, 0.1) is 5.41 Å². The molecule has 0 atom stereocenters. The molecule has 1 aromatic rings. The van der Waals surface area contributed by atoms with E-state index < -0.39 is 11.4 Å². The summed E-state index contributed by atoms with van der Waals surface area (Å²) in [5, 5.41) is 12.1. The summed E-state index contributed by atoms with van der Waals surface area (Å²) in [6.07, 6.45) is 0.418. The van der Waals surface area contributed by atoms with Crippen LogP contribution in [-0.4, -0.2) is 35.4 Å². The van der Waals surface area contributed by atoms with Crippen molar-refractivity contribution in [3.63, 3.8) is 0 Å². The van der Waals surface area contributed by atoms with Gasteiger partial charge in [0.1, 0.15) is 0 Å². The predicted octanol–water partition coefficient (Wildman–Crippen LogP) is 1.73. The van der Waals surface area contributed by atoms with Gasteiger partial charge in [-0.3, -0.25) is 4.79 Å². The van der Waals surface area contributed by atoms with E-state index in [4.69, 9.17) is 14.6 Å². The molecule has 106 valence electrons. The first kappa shape index (κ1) is 15.0. The number of nitrogens with zero attached hydrogens (tertiary/aromatic N) is 1. The summed E-state index contributed by atoms with van der Waals surface area (Å²) in [5.41, 5.74) is -0.671. The monoisotopic (exact) mass is 271 g/mol. The first-order chi connectivity index (χ1) is 8.86. The Bertz CT molecular complexity index is 451. The summed E-state index contributed by atoms with van der Waals surface area (Å²) in [6.45, 7) is 5.78. The maximum absolute atomic E-state index is 11.6. The second kappa shape index (κ2) is 6.21. The van der Waals surface area contributed by atoms with E-state index in [1.165, 1.54) is 6.07 Å². The fourth-order valence-electron chi connectivity index (χ4n) is 1.27. The van der Waals surface area contributed by atoms with Gasteiger partial charge in [-0.25, -0.2) is 4.79 Å². The van der Waals surface area contributed by atoms with E-state index in [9.17, 15) is 9.59 Å². The van der Waals surface area contributed by atoms with Crippen molar-refractivity contribution in [3.05, 3.63) is 11.8 Å². The van der Waals surface area contributed by atoms with Crippen LogP contribution < -0.4 is 4.74 Å². The Labute approximate surface area is 110 Å². The molecular weight excluding hydrogens is 254 g/mol. The topological polar surface area (TPSA) is 98.9 Å². The zero-order chi connectivity index (χ0) is 14.5. The summed E-state index contributed by atoms with van der Waals surface area (Å²) >= 11 is 0. The molecule has 0 aliphatic carbocycles. The number of hydrogen-bond donors (Lipinski definition) is 1. The van der Waals surface area contributed by atoms with E-state index in [0.29, 0.717) is 13.0 Å². The van der Waals surface area contributed by atoms with Crippen LogP contribution in [0.3, 0.4) is 0 Å². The number of ether oxygens (including phenoxy) is 2. The van der Waals surface area contributed by atoms with Crippen LogP contribution in [0.2, 0.25) is 0 Å². The Morgan fingerprint density at radius 1 is 1.47 bits per heavy atom. The number of carboxylic acid groups (broad SMARTS) is 1. The van der Waals surface area contributed by atoms with Crippen molar-refractivity contribution >= 4 is 11.9 Å². The van der Waals surface area contributed by atoms with E-state index in [0.717, 1.165) is 0 Å². The molecule has 0 radical (unpaired) electrons. The number of aromatic carboxylic acids is 1. The van der Waals surface area contributed by atoms with Gasteiger partial charge in [0.15, 0.2) is 0 Å². The molecule has 1 rings (SSSR count). The zero-order valence-corrected chi connectivity index (χ0v) is 11.1. The van der Waals surface area contributed by atoms with Gasteiger partial charge in [-0.1, -0.05) is 0 Å². The number of esters is 1. The van der Waals surface area contributed by atoms with Gasteiger partial charge < -0.3 is 19.1 Å². The van der Waals surface area contributed by atoms with Gasteiger partial charge in [-0.2, -0.15) is 0 Å². The molecule has 0 saturated carbocycles. The minimum Gasteiger partial charge on any atom is -0.475 e. The van der Waals surface area contributed by atoms with E-state index >= 15 is 0 Å². The van der Waals surface area contributed by atoms with E-state index in [2.05, 4.69) is 9.68 Å². The highest BCUT2D eigenvalue weighted by Gasteiger charge is 2.29. The number of carboxylic acids is 1. The van der Waals surface area contributed by atoms with Crippen molar-refractivity contribution in [2.75, 3.05) is 13.2 Å². The first-order valence-electron chi connectivity index (χ1n) is 5.87. The molecule has 7 nitrogen and oxygen atoms in total. The Hall–Kier alpha value is -2.05. The van der Waals surface area contributed by atoms with Gasteiger partial charge in [0.2, 0.25) is 5.76 Å². The van der Waals surface area contributed by atoms with Crippen molar-refractivity contribution in [2.24, 2.45) is 5.41 Å². The highest BCUT2D eigenvalue weighted by atomic mass is 16.5. The van der Waals surface area contributed by atoms with Crippen LogP contribution in [0.1, 0.15) is 37.7 Å². The highest BCUT2D eigenvalue weighted by molar-refractivity contribution is 5.84. The van der Waals surface area contributed by atoms with Crippen LogP contribution in [0.25, 0.3) is 0 Å². The quantitative estimate of drug-likeness (QED) is 0.754. The molecule has 0 bridgehead atoms. The standard InChI is InChI=1S/C12H17NO6/c1-4-17-11(16)12(2,3)5-6-18-9-7-8(10(14)15)19-13-9/h7H,4-6H2,1-3H3,(H,14,15). The zero-order valence-electron chi connectivity index (χ0n) is 11.1. The molecule has 0 spiro atoms. The van der Waals surface area contributed by atoms with Gasteiger partial charge in [-0.15, -0.1) is 0 Å². The number of carbonyl (C=O) groups excluding carboxylic acids is 1. The number of carbonyl (C=O) groups is 2. The first-order valence-corrected chi connectivity index (χ1v) is 5.87. The second-order valence-corrected chi connectivity index (χ2v) is 4.54. The average molecular weight is 271 g/mol. The summed E-state index contributed by atoms with van der Waals surface area (Å²) in [7, 11) is 0. The van der Waals surface area contributed by atoms with Crippen molar-refractivity contribution in [1.82, 2.24) is 5.16 Å². The molecule has 0 unspecified atom stereocenters. The van der Waals surface area contributed by atoms with Crippen LogP contribution in [0.15, 0.2) is 10.6 Å². The smallest absolute Gasteiger partial charge is 0.374 e. The van der Waals surface area contributed by atoms with Crippen molar-refractivity contribution in [2.45, 2.75) is 27.2 Å². The summed E-state index contributed by atoms with van der Waals surface area (Å²) in [6, 6.07) is 1.18. The molecule has 1 aromatic heterocycles. The third-order valence-corrected chi connectivity index (χ3v) is 2.50. The largest absolute Gasteiger partial charge is 0.475 e. The lowest BCUT2D eigenvalue weighted by Gasteiger charge is -2.21. The van der Waals surface area contributed by atoms with Gasteiger partial charge >= 0.3 is 11.9 Å². The molecule has 0 aromatic carbocycles. The molecule has 0 aliphatic heterocycles. The second-order valence-electron chi connectivity index (χ2n) is 4.54. The average Bonchev–Trinajstić information content (AvgIpc) is 2.78. The Kier molecular flexibility index (Phi) is 4.91. The summed E-state index contributed by atoms with van der Waals surface area (Å²) in [4.78, 5) is 22.2. The number of rotatable bonds is 7. The lowest BCUT2D eigenvalue weighted by Crippen LogP contribution is -2.28. The Morgan fingerprint density at radius 3 is 2.68 bits per heavy atom. The highest BCUT2D eigenvalue weighted by Crippen LogP contribution is 2.23. The summed E-state index contributed by atoms with van der Waals surface area (Å²) in [5.74, 6) is -1.73. The van der Waals surface area contributed by atoms with Gasteiger partial charge in [0.25, 0.3) is 5.88 Å². The van der Waals surface area contributed by atoms with Crippen LogP contribution in [-0.2, 0) is 9.53 Å². The predicted molar refractivity (Wildman–Crippen MR) is 64.0 cm³/mol. The lowest BCUT2D eigenvalue weighted by atomic mass is 9.90. The maximum Gasteiger partial charge on any atom is 0.374 e. The maximum atomic E-state index is 11.6. The van der Waals surface area contributed by atoms with E-state index in [-0.39, 0.29) is 24.2 Å². The van der Waals surface area contributed by atoms with Crippen molar-refractivity contribution in [3.8, 4) is 5.88 Å². The third kappa shape index (κ3) is 4.27. The fourth-order valence-corrected chi connectivity index (χ4v) is 1.27. The number of hydrogen-bond acceptors (Lipinski definition) is 6. The van der Waals surface area contributed by atoms with Crippen molar-refractivity contribution < 1.29 is 28.7 Å². The molecule has 1 heterocycles. The van der Waals surface area contributed by atoms with Crippen LogP contribution in [0.5, 0.6) is 5.88 Å². The van der Waals surface area contributed by atoms with E-state index in [1.807, 2.05) is 0 Å². The number of aromatic nitrogens is 1. The van der Waals surface area contributed by atoms with Crippen molar-refractivity contribution in [1.29, 1.82) is 0 Å². The normalized spacial score (nSPS) is 11.1. The molecule has 0 saturated heterocycles. The fraction of sp³-hybridized carbons (Fsp3) is 0.583. The van der Waals surface area contributed by atoms with Gasteiger partial charge in [0, 0.05) is 0 Å². The van der Waals surface area contributed by atoms with Crippen LogP contribution in [0.4, 0.5) is 0 Å². The molecule has 0 amide bonds. The Balaban J connectivity index is 2.44. The van der Waals surface area contributed by atoms with Crippen LogP contribution >= 0.6 is 0 Å². The Morgan fingerprint density at radius 2 is 2.16 bits per heavy atom. The SMILES string of the molecule is CCOC(=O)C(C)(C)CCOc1cc(C(=O)O)on1. The lowest BCUT2D eigenvalue weighted by molar-refractivity contribution is -0.154. The molecule has 1 N–H and O–H groups in total. The summed E-state index contributed by atoms with van der Waals surface area (Å²) < 4.78 is 14.7. The van der Waals surface area contributed by atoms with Gasteiger partial charge in [0.05, 0.1) is 24.7 Å². The molecule has 7 heteroatoms.